The van der Waals surface area contributed by atoms with Crippen molar-refractivity contribution in [2.45, 2.75) is 4.90 Å². The van der Waals surface area contributed by atoms with Crippen LogP contribution in [0.5, 0.6) is 0 Å². The van der Waals surface area contributed by atoms with Crippen molar-refractivity contribution in [3.8, 4) is 0 Å². The molecule has 0 bridgehead atoms. The monoisotopic (exact) mass is 225 g/mol. The first kappa shape index (κ1) is 10.0. The number of rotatable bonds is 1. The second kappa shape index (κ2) is 3.58. The Hall–Kier alpha value is -1.49. The summed E-state index contributed by atoms with van der Waals surface area (Å²) in [5, 5.41) is 9.15. The summed E-state index contributed by atoms with van der Waals surface area (Å²) < 4.78 is 13.4. The van der Waals surface area contributed by atoms with E-state index in [0.29, 0.717) is 10.7 Å². The van der Waals surface area contributed by atoms with Crippen LogP contribution in [-0.4, -0.2) is 18.1 Å². The fraction of sp³-hybridized carbons (Fsp3) is 0.100. The van der Waals surface area contributed by atoms with Gasteiger partial charge in [0.25, 0.3) is 0 Å². The second-order valence-corrected chi connectivity index (χ2v) is 4.13. The highest BCUT2D eigenvalue weighted by molar-refractivity contribution is 8.03. The number of hydrogen-bond acceptors (Lipinski definition) is 3. The molecule has 0 aromatic heterocycles. The highest BCUT2D eigenvalue weighted by Crippen LogP contribution is 2.45. The third-order valence-corrected chi connectivity index (χ3v) is 3.23. The van der Waals surface area contributed by atoms with Gasteiger partial charge in [-0.2, -0.15) is 0 Å². The topological polar surface area (TPSA) is 40.5 Å². The highest BCUT2D eigenvalue weighted by atomic mass is 32.2. The van der Waals surface area contributed by atoms with Crippen LogP contribution in [0.3, 0.4) is 0 Å². The normalized spacial score (nSPS) is 16.9. The summed E-state index contributed by atoms with van der Waals surface area (Å²) in [5.41, 5.74) is 0.440. The van der Waals surface area contributed by atoms with Crippen LogP contribution in [0.15, 0.2) is 34.2 Å². The van der Waals surface area contributed by atoms with Crippen molar-refractivity contribution in [1.82, 2.24) is 0 Å². The lowest BCUT2D eigenvalue weighted by Crippen LogP contribution is -2.12. The standard InChI is InChI=1S/C10H8FNO2S/c1-12-8(5-9(13)14)15-7-4-2-3-6(11)10(7)12/h2-5H,1H3,(H,13,14)/b8-5-. The summed E-state index contributed by atoms with van der Waals surface area (Å²) in [6.45, 7) is 0. The zero-order chi connectivity index (χ0) is 11.0. The van der Waals surface area contributed by atoms with Crippen LogP contribution >= 0.6 is 11.8 Å². The highest BCUT2D eigenvalue weighted by Gasteiger charge is 2.25. The van der Waals surface area contributed by atoms with E-state index in [4.69, 9.17) is 5.11 Å². The predicted octanol–water partition coefficient (Wildman–Crippen LogP) is 2.29. The number of para-hydroxylation sites is 1. The largest absolute Gasteiger partial charge is 0.478 e. The zero-order valence-electron chi connectivity index (χ0n) is 7.90. The molecule has 15 heavy (non-hydrogen) atoms. The summed E-state index contributed by atoms with van der Waals surface area (Å²) in [4.78, 5) is 12.8. The number of carboxylic acids is 1. The maximum absolute atomic E-state index is 13.4. The molecular weight excluding hydrogens is 217 g/mol. The molecule has 3 nitrogen and oxygen atoms in total. The third-order valence-electron chi connectivity index (χ3n) is 2.08. The van der Waals surface area contributed by atoms with E-state index in [2.05, 4.69) is 0 Å². The van der Waals surface area contributed by atoms with Gasteiger partial charge >= 0.3 is 5.97 Å². The maximum Gasteiger partial charge on any atom is 0.330 e. The molecule has 0 radical (unpaired) electrons. The Morgan fingerprint density at radius 1 is 1.60 bits per heavy atom. The number of anilines is 1. The fourth-order valence-electron chi connectivity index (χ4n) is 1.43. The SMILES string of the molecule is CN1/C(=C/C(=O)O)Sc2cccc(F)c21. The van der Waals surface area contributed by atoms with Crippen molar-refractivity contribution in [1.29, 1.82) is 0 Å². The molecule has 1 heterocycles. The van der Waals surface area contributed by atoms with E-state index in [1.54, 1.807) is 24.1 Å². The fourth-order valence-corrected chi connectivity index (χ4v) is 2.52. The maximum atomic E-state index is 13.4. The van der Waals surface area contributed by atoms with Gasteiger partial charge in [0.15, 0.2) is 0 Å². The van der Waals surface area contributed by atoms with Crippen LogP contribution in [0.1, 0.15) is 0 Å². The van der Waals surface area contributed by atoms with Crippen molar-refractivity contribution in [2.24, 2.45) is 0 Å². The smallest absolute Gasteiger partial charge is 0.330 e. The minimum atomic E-state index is -1.03. The van der Waals surface area contributed by atoms with Gasteiger partial charge in [-0.25, -0.2) is 9.18 Å². The van der Waals surface area contributed by atoms with Crippen molar-refractivity contribution in [2.75, 3.05) is 11.9 Å². The summed E-state index contributed by atoms with van der Waals surface area (Å²) in [7, 11) is 1.65. The lowest BCUT2D eigenvalue weighted by Gasteiger charge is -2.12. The summed E-state index contributed by atoms with van der Waals surface area (Å²) in [6.07, 6.45) is 1.07. The molecule has 0 unspecified atom stereocenters. The molecule has 5 heteroatoms. The number of carbonyl (C=O) groups is 1. The number of halogens is 1. The van der Waals surface area contributed by atoms with E-state index in [1.165, 1.54) is 17.8 Å². The van der Waals surface area contributed by atoms with Gasteiger partial charge in [-0.3, -0.25) is 0 Å². The summed E-state index contributed by atoms with van der Waals surface area (Å²) >= 11 is 1.25. The quantitative estimate of drug-likeness (QED) is 0.744. The number of nitrogens with zero attached hydrogens (tertiary/aromatic N) is 1. The Morgan fingerprint density at radius 3 is 2.93 bits per heavy atom. The van der Waals surface area contributed by atoms with Gasteiger partial charge in [-0.05, 0) is 12.1 Å². The van der Waals surface area contributed by atoms with Crippen LogP contribution < -0.4 is 4.90 Å². The van der Waals surface area contributed by atoms with Gasteiger partial charge in [-0.15, -0.1) is 0 Å². The first-order chi connectivity index (χ1) is 7.09. The molecule has 1 N–H and O–H groups in total. The Kier molecular flexibility index (Phi) is 2.40. The number of benzene rings is 1. The number of carboxylic acid groups (broad SMARTS) is 1. The van der Waals surface area contributed by atoms with E-state index in [-0.39, 0.29) is 5.82 Å². The first-order valence-electron chi connectivity index (χ1n) is 4.24. The van der Waals surface area contributed by atoms with Gasteiger partial charge < -0.3 is 10.0 Å². The molecule has 1 aliphatic heterocycles. The van der Waals surface area contributed by atoms with Gasteiger partial charge in [0.2, 0.25) is 0 Å². The molecule has 0 aliphatic carbocycles. The van der Waals surface area contributed by atoms with E-state index < -0.39 is 5.97 Å². The van der Waals surface area contributed by atoms with E-state index in [9.17, 15) is 9.18 Å². The second-order valence-electron chi connectivity index (χ2n) is 3.07. The van der Waals surface area contributed by atoms with Crippen molar-refractivity contribution in [3.05, 3.63) is 35.1 Å². The Morgan fingerprint density at radius 2 is 2.33 bits per heavy atom. The van der Waals surface area contributed by atoms with Crippen LogP contribution in [0, 0.1) is 5.82 Å². The molecule has 0 saturated heterocycles. The van der Waals surface area contributed by atoms with Crippen LogP contribution in [0.4, 0.5) is 10.1 Å². The summed E-state index contributed by atoms with van der Waals surface area (Å²) in [6, 6.07) is 4.74. The lowest BCUT2D eigenvalue weighted by molar-refractivity contribution is -0.131. The average Bonchev–Trinajstić information content (AvgIpc) is 2.44. The molecule has 2 rings (SSSR count). The number of thioether (sulfide) groups is 1. The van der Waals surface area contributed by atoms with Gasteiger partial charge in [-0.1, -0.05) is 17.8 Å². The molecule has 0 atom stereocenters. The van der Waals surface area contributed by atoms with Crippen molar-refractivity contribution in [3.63, 3.8) is 0 Å². The summed E-state index contributed by atoms with van der Waals surface area (Å²) in [5.74, 6) is -1.37. The zero-order valence-corrected chi connectivity index (χ0v) is 8.71. The van der Waals surface area contributed by atoms with Crippen molar-refractivity contribution >= 4 is 23.4 Å². The van der Waals surface area contributed by atoms with E-state index in [0.717, 1.165) is 11.0 Å². The molecule has 1 aromatic rings. The molecule has 78 valence electrons. The minimum Gasteiger partial charge on any atom is -0.478 e. The molecule has 1 aliphatic rings. The number of fused-ring (bicyclic) bond motifs is 1. The van der Waals surface area contributed by atoms with Crippen LogP contribution in [0.25, 0.3) is 0 Å². The minimum absolute atomic E-state index is 0.337. The Labute approximate surface area is 90.2 Å². The predicted molar refractivity (Wildman–Crippen MR) is 56.4 cm³/mol. The van der Waals surface area contributed by atoms with Crippen LogP contribution in [-0.2, 0) is 4.79 Å². The molecule has 0 amide bonds. The van der Waals surface area contributed by atoms with Gasteiger partial charge in [0, 0.05) is 11.9 Å². The number of hydrogen-bond donors (Lipinski definition) is 1. The van der Waals surface area contributed by atoms with Crippen molar-refractivity contribution < 1.29 is 14.3 Å². The average molecular weight is 225 g/mol. The molecule has 0 spiro atoms. The van der Waals surface area contributed by atoms with Gasteiger partial charge in [0.05, 0.1) is 16.8 Å². The molecule has 0 saturated carbocycles. The Balaban J connectivity index is 2.46. The molecule has 0 fully saturated rings. The first-order valence-corrected chi connectivity index (χ1v) is 5.06. The number of aliphatic carboxylic acids is 1. The molecule has 1 aromatic carbocycles. The third kappa shape index (κ3) is 1.70. The van der Waals surface area contributed by atoms with Gasteiger partial charge in [0.1, 0.15) is 5.82 Å². The van der Waals surface area contributed by atoms with E-state index >= 15 is 0 Å². The lowest BCUT2D eigenvalue weighted by atomic mass is 10.3. The Bertz CT molecular complexity index is 459. The molecular formula is C10H8FNO2S. The van der Waals surface area contributed by atoms with E-state index in [1.807, 2.05) is 0 Å². The van der Waals surface area contributed by atoms with Crippen LogP contribution in [0.2, 0.25) is 0 Å².